The van der Waals surface area contributed by atoms with Crippen LogP contribution >= 0.6 is 0 Å². The number of pyridine rings is 1. The molecule has 0 bridgehead atoms. The largest absolute Gasteiger partial charge is 0.390 e. The third-order valence-electron chi connectivity index (χ3n) is 3.05. The van der Waals surface area contributed by atoms with Crippen LogP contribution in [0.5, 0.6) is 0 Å². The van der Waals surface area contributed by atoms with Crippen molar-refractivity contribution < 1.29 is 5.11 Å². The van der Waals surface area contributed by atoms with Crippen molar-refractivity contribution in [3.05, 3.63) is 77.2 Å². The van der Waals surface area contributed by atoms with Crippen LogP contribution in [0, 0.1) is 0 Å². The smallest absolute Gasteiger partial charge is 0.255 e. The maximum atomic E-state index is 11.7. The second-order valence-corrected chi connectivity index (χ2v) is 4.36. The summed E-state index contributed by atoms with van der Waals surface area (Å²) in [6.07, 6.45) is 5.15. The van der Waals surface area contributed by atoms with E-state index >= 15 is 0 Å². The number of hydrogen-bond donors (Lipinski definition) is 1. The van der Waals surface area contributed by atoms with Gasteiger partial charge in [-0.3, -0.25) is 9.36 Å². The van der Waals surface area contributed by atoms with Gasteiger partial charge in [0.15, 0.2) is 0 Å². The molecule has 5 nitrogen and oxygen atoms in total. The third kappa shape index (κ3) is 2.26. The molecule has 0 saturated carbocycles. The van der Waals surface area contributed by atoms with Gasteiger partial charge in [-0.15, -0.1) is 0 Å². The molecular formula is C15H13N3O2. The molecule has 2 aromatic heterocycles. The highest BCUT2D eigenvalue weighted by molar-refractivity contribution is 5.41. The van der Waals surface area contributed by atoms with Gasteiger partial charge in [-0.05, 0) is 30.3 Å². The molecule has 1 aromatic carbocycles. The fraction of sp³-hybridized carbons (Fsp3) is 0.0667. The van der Waals surface area contributed by atoms with Crippen LogP contribution in [0.4, 0.5) is 0 Å². The second-order valence-electron chi connectivity index (χ2n) is 4.36. The van der Waals surface area contributed by atoms with E-state index in [1.54, 1.807) is 29.4 Å². The molecule has 0 fully saturated rings. The normalized spacial score (nSPS) is 10.7. The van der Waals surface area contributed by atoms with Gasteiger partial charge < -0.3 is 9.67 Å². The first kappa shape index (κ1) is 12.4. The fourth-order valence-electron chi connectivity index (χ4n) is 2.01. The van der Waals surface area contributed by atoms with Gasteiger partial charge in [0.1, 0.15) is 0 Å². The summed E-state index contributed by atoms with van der Waals surface area (Å²) in [5.74, 6) is 0. The Hall–Kier alpha value is -2.66. The number of aromatic nitrogens is 3. The average Bonchev–Trinajstić information content (AvgIpc) is 2.97. The predicted octanol–water partition coefficient (Wildman–Crippen LogP) is 1.52. The summed E-state index contributed by atoms with van der Waals surface area (Å²) in [6, 6.07) is 12.6. The quantitative estimate of drug-likeness (QED) is 0.782. The highest BCUT2D eigenvalue weighted by Gasteiger charge is 2.02. The van der Waals surface area contributed by atoms with Crippen LogP contribution in [-0.2, 0) is 6.61 Å². The summed E-state index contributed by atoms with van der Waals surface area (Å²) in [5.41, 5.74) is 2.28. The van der Waals surface area contributed by atoms with Crippen molar-refractivity contribution >= 4 is 0 Å². The number of aliphatic hydroxyl groups is 1. The number of benzene rings is 1. The van der Waals surface area contributed by atoms with E-state index in [4.69, 9.17) is 5.11 Å². The fourth-order valence-corrected chi connectivity index (χ4v) is 2.01. The summed E-state index contributed by atoms with van der Waals surface area (Å²) >= 11 is 0. The predicted molar refractivity (Wildman–Crippen MR) is 75.1 cm³/mol. The molecule has 0 aliphatic carbocycles. The molecule has 0 atom stereocenters. The van der Waals surface area contributed by atoms with Gasteiger partial charge in [-0.25, -0.2) is 4.98 Å². The van der Waals surface area contributed by atoms with E-state index in [2.05, 4.69) is 4.98 Å². The number of aliphatic hydroxyl groups excluding tert-OH is 1. The van der Waals surface area contributed by atoms with Crippen molar-refractivity contribution in [2.75, 3.05) is 0 Å². The number of rotatable bonds is 3. The van der Waals surface area contributed by atoms with E-state index in [0.717, 1.165) is 11.4 Å². The van der Waals surface area contributed by atoms with Gasteiger partial charge in [-0.2, -0.15) is 0 Å². The van der Waals surface area contributed by atoms with Crippen LogP contribution in [0.25, 0.3) is 11.4 Å². The highest BCUT2D eigenvalue weighted by Crippen LogP contribution is 2.12. The zero-order valence-electron chi connectivity index (χ0n) is 10.7. The first-order chi connectivity index (χ1) is 9.78. The Morgan fingerprint density at radius 1 is 1.05 bits per heavy atom. The van der Waals surface area contributed by atoms with Crippen LogP contribution in [0.2, 0.25) is 0 Å². The molecule has 0 spiro atoms. The summed E-state index contributed by atoms with van der Waals surface area (Å²) in [7, 11) is 0. The molecule has 2 heterocycles. The first-order valence-electron chi connectivity index (χ1n) is 6.20. The van der Waals surface area contributed by atoms with Crippen LogP contribution in [-0.4, -0.2) is 19.2 Å². The molecule has 0 radical (unpaired) electrons. The number of imidazole rings is 1. The Morgan fingerprint density at radius 2 is 1.80 bits per heavy atom. The monoisotopic (exact) mass is 267 g/mol. The topological polar surface area (TPSA) is 60.0 Å². The maximum Gasteiger partial charge on any atom is 0.255 e. The van der Waals surface area contributed by atoms with Crippen molar-refractivity contribution in [3.8, 4) is 11.4 Å². The molecule has 20 heavy (non-hydrogen) atoms. The zero-order valence-corrected chi connectivity index (χ0v) is 10.7. The number of hydrogen-bond acceptors (Lipinski definition) is 3. The van der Waals surface area contributed by atoms with Gasteiger partial charge >= 0.3 is 0 Å². The lowest BCUT2D eigenvalue weighted by Crippen LogP contribution is -2.15. The van der Waals surface area contributed by atoms with Crippen molar-refractivity contribution in [2.45, 2.75) is 6.61 Å². The van der Waals surface area contributed by atoms with E-state index in [-0.39, 0.29) is 12.2 Å². The van der Waals surface area contributed by atoms with Crippen LogP contribution < -0.4 is 5.56 Å². The SMILES string of the molecule is O=c1ccccn1-c1ccc(-n2cnc(CO)c2)cc1. The summed E-state index contributed by atoms with van der Waals surface area (Å²) in [6.45, 7) is -0.0789. The number of nitrogens with zero attached hydrogens (tertiary/aromatic N) is 3. The maximum absolute atomic E-state index is 11.7. The van der Waals surface area contributed by atoms with Crippen molar-refractivity contribution in [1.82, 2.24) is 14.1 Å². The first-order valence-corrected chi connectivity index (χ1v) is 6.20. The van der Waals surface area contributed by atoms with Gasteiger partial charge in [0.2, 0.25) is 0 Å². The Morgan fingerprint density at radius 3 is 2.45 bits per heavy atom. The minimum atomic E-state index is -0.0789. The van der Waals surface area contributed by atoms with Gasteiger partial charge in [0, 0.05) is 29.8 Å². The van der Waals surface area contributed by atoms with Crippen LogP contribution in [0.3, 0.4) is 0 Å². The van der Waals surface area contributed by atoms with Gasteiger partial charge in [-0.1, -0.05) is 6.07 Å². The summed E-state index contributed by atoms with van der Waals surface area (Å²) in [4.78, 5) is 15.8. The lowest BCUT2D eigenvalue weighted by atomic mass is 10.2. The van der Waals surface area contributed by atoms with Crippen molar-refractivity contribution in [1.29, 1.82) is 0 Å². The highest BCUT2D eigenvalue weighted by atomic mass is 16.3. The minimum absolute atomic E-state index is 0.0644. The minimum Gasteiger partial charge on any atom is -0.390 e. The molecular weight excluding hydrogens is 254 g/mol. The second kappa shape index (κ2) is 5.14. The molecule has 0 unspecified atom stereocenters. The Labute approximate surface area is 115 Å². The molecule has 0 aliphatic rings. The lowest BCUT2D eigenvalue weighted by molar-refractivity contribution is 0.277. The molecule has 0 saturated heterocycles. The van der Waals surface area contributed by atoms with E-state index in [9.17, 15) is 4.79 Å². The van der Waals surface area contributed by atoms with Crippen LogP contribution in [0.15, 0.2) is 66.0 Å². The average molecular weight is 267 g/mol. The van der Waals surface area contributed by atoms with Gasteiger partial charge in [0.25, 0.3) is 5.56 Å². The van der Waals surface area contributed by atoms with E-state index in [1.807, 2.05) is 34.9 Å². The molecule has 1 N–H and O–H groups in total. The third-order valence-corrected chi connectivity index (χ3v) is 3.05. The summed E-state index contributed by atoms with van der Waals surface area (Å²) in [5, 5.41) is 9.01. The standard InChI is InChI=1S/C15H13N3O2/c19-10-12-9-17(11-16-12)13-4-6-14(7-5-13)18-8-2-1-3-15(18)20/h1-9,11,19H,10H2. The molecule has 100 valence electrons. The van der Waals surface area contributed by atoms with Crippen molar-refractivity contribution in [3.63, 3.8) is 0 Å². The lowest BCUT2D eigenvalue weighted by Gasteiger charge is -2.07. The molecule has 0 aliphatic heterocycles. The van der Waals surface area contributed by atoms with Crippen LogP contribution in [0.1, 0.15) is 5.69 Å². The Kier molecular flexibility index (Phi) is 3.18. The van der Waals surface area contributed by atoms with E-state index in [1.165, 1.54) is 6.07 Å². The van der Waals surface area contributed by atoms with Crippen molar-refractivity contribution in [2.24, 2.45) is 0 Å². The summed E-state index contributed by atoms with van der Waals surface area (Å²) < 4.78 is 3.40. The van der Waals surface area contributed by atoms with E-state index < -0.39 is 0 Å². The Bertz CT molecular complexity index is 772. The molecule has 0 amide bonds. The zero-order chi connectivity index (χ0) is 13.9. The molecule has 3 aromatic rings. The molecule has 5 heteroatoms. The Balaban J connectivity index is 1.95. The molecule has 3 rings (SSSR count). The van der Waals surface area contributed by atoms with Gasteiger partial charge in [0.05, 0.1) is 18.6 Å². The van der Waals surface area contributed by atoms with E-state index in [0.29, 0.717) is 5.69 Å².